The van der Waals surface area contributed by atoms with Crippen molar-refractivity contribution in [2.45, 2.75) is 76.8 Å². The Morgan fingerprint density at radius 3 is 2.65 bits per heavy atom. The predicted octanol–water partition coefficient (Wildman–Crippen LogP) is 3.39. The predicted molar refractivity (Wildman–Crippen MR) is 127 cm³/mol. The van der Waals surface area contributed by atoms with Crippen LogP contribution >= 0.6 is 0 Å². The summed E-state index contributed by atoms with van der Waals surface area (Å²) in [6.07, 6.45) is 2.62. The largest absolute Gasteiger partial charge is 0.466 e. The first-order valence-electron chi connectivity index (χ1n) is 11.9. The van der Waals surface area contributed by atoms with Gasteiger partial charge in [0, 0.05) is 12.8 Å². The summed E-state index contributed by atoms with van der Waals surface area (Å²) in [6, 6.07) is 9.72. The van der Waals surface area contributed by atoms with Gasteiger partial charge in [-0.1, -0.05) is 56.3 Å². The zero-order chi connectivity index (χ0) is 24.7. The van der Waals surface area contributed by atoms with E-state index in [0.29, 0.717) is 19.4 Å². The fourth-order valence-corrected chi connectivity index (χ4v) is 4.54. The van der Waals surface area contributed by atoms with Crippen LogP contribution in [-0.4, -0.2) is 60.1 Å². The molecule has 7 heteroatoms. The van der Waals surface area contributed by atoms with E-state index in [1.807, 2.05) is 44.2 Å². The number of ether oxygens (including phenoxy) is 4. The molecule has 1 saturated heterocycles. The minimum absolute atomic E-state index is 0.00505. The highest BCUT2D eigenvalue weighted by atomic mass is 16.6. The monoisotopic (exact) mass is 472 g/mol. The number of aliphatic hydroxyl groups excluding tert-OH is 1. The van der Waals surface area contributed by atoms with E-state index in [1.54, 1.807) is 18.2 Å². The van der Waals surface area contributed by atoms with Crippen molar-refractivity contribution in [3.63, 3.8) is 0 Å². The summed E-state index contributed by atoms with van der Waals surface area (Å²) in [5.74, 6) is -0.864. The molecule has 0 aliphatic carbocycles. The average Bonchev–Trinajstić information content (AvgIpc) is 3.12. The number of esters is 1. The Bertz CT molecular complexity index is 852. The summed E-state index contributed by atoms with van der Waals surface area (Å²) in [5, 5.41) is 11.2. The van der Waals surface area contributed by atoms with Crippen molar-refractivity contribution < 1.29 is 33.6 Å². The van der Waals surface area contributed by atoms with E-state index < -0.39 is 36.4 Å². The van der Waals surface area contributed by atoms with Crippen LogP contribution in [0, 0.1) is 11.8 Å². The highest BCUT2D eigenvalue weighted by Gasteiger charge is 2.50. The summed E-state index contributed by atoms with van der Waals surface area (Å²) in [4.78, 5) is 23.8. The number of hydrogen-bond acceptors (Lipinski definition) is 7. The molecule has 1 N–H and O–H groups in total. The maximum atomic E-state index is 12.6. The Hall–Kier alpha value is -2.32. The molecule has 186 valence electrons. The number of aliphatic hydroxyl groups is 1. The molecule has 0 radical (unpaired) electrons. The van der Waals surface area contributed by atoms with Gasteiger partial charge in [-0.15, -0.1) is 6.58 Å². The number of carbonyl (C=O) groups is 2. The fourth-order valence-electron chi connectivity index (χ4n) is 4.54. The molecular weight excluding hydrogens is 436 g/mol. The van der Waals surface area contributed by atoms with Crippen molar-refractivity contribution in [3.05, 3.63) is 60.7 Å². The van der Waals surface area contributed by atoms with E-state index >= 15 is 0 Å². The Labute approximate surface area is 201 Å². The SMILES string of the molecule is C=CC[C@@H]1C=CC(=O)[C@@H]([C@@H](C)[C@@H]2OC(C[C@@H](C)COC(C)=O)[C@H](OCc3ccccc3)[C@@H]2O)O1. The van der Waals surface area contributed by atoms with Gasteiger partial charge in [-0.3, -0.25) is 9.59 Å². The van der Waals surface area contributed by atoms with Crippen LogP contribution in [-0.2, 0) is 35.1 Å². The number of carbonyl (C=O) groups excluding carboxylic acids is 2. The Morgan fingerprint density at radius 2 is 1.97 bits per heavy atom. The number of ketones is 1. The van der Waals surface area contributed by atoms with Gasteiger partial charge in [-0.05, 0) is 30.4 Å². The summed E-state index contributed by atoms with van der Waals surface area (Å²) < 4.78 is 23.6. The van der Waals surface area contributed by atoms with E-state index in [0.717, 1.165) is 5.56 Å². The number of benzene rings is 1. The van der Waals surface area contributed by atoms with E-state index in [4.69, 9.17) is 18.9 Å². The quantitative estimate of drug-likeness (QED) is 0.390. The Morgan fingerprint density at radius 1 is 1.24 bits per heavy atom. The van der Waals surface area contributed by atoms with Gasteiger partial charge in [0.05, 0.1) is 31.5 Å². The molecule has 7 nitrogen and oxygen atoms in total. The molecule has 2 aliphatic heterocycles. The molecule has 1 aromatic rings. The molecule has 1 fully saturated rings. The van der Waals surface area contributed by atoms with Gasteiger partial charge in [0.2, 0.25) is 0 Å². The lowest BCUT2D eigenvalue weighted by Crippen LogP contribution is -2.46. The Balaban J connectivity index is 1.73. The van der Waals surface area contributed by atoms with Crippen molar-refractivity contribution in [1.29, 1.82) is 0 Å². The lowest BCUT2D eigenvalue weighted by Gasteiger charge is -2.32. The maximum absolute atomic E-state index is 12.6. The molecule has 0 amide bonds. The van der Waals surface area contributed by atoms with E-state index in [9.17, 15) is 14.7 Å². The van der Waals surface area contributed by atoms with Crippen molar-refractivity contribution in [2.75, 3.05) is 6.61 Å². The fraction of sp³-hybridized carbons (Fsp3) is 0.556. The molecule has 0 saturated carbocycles. The van der Waals surface area contributed by atoms with Gasteiger partial charge in [0.1, 0.15) is 18.3 Å². The van der Waals surface area contributed by atoms with Gasteiger partial charge < -0.3 is 24.1 Å². The van der Waals surface area contributed by atoms with Crippen molar-refractivity contribution >= 4 is 11.8 Å². The first-order chi connectivity index (χ1) is 16.3. The summed E-state index contributed by atoms with van der Waals surface area (Å²) >= 11 is 0. The molecule has 34 heavy (non-hydrogen) atoms. The van der Waals surface area contributed by atoms with Gasteiger partial charge in [0.15, 0.2) is 5.78 Å². The normalized spacial score (nSPS) is 30.6. The molecular formula is C27H36O7. The van der Waals surface area contributed by atoms with Crippen LogP contribution in [0.15, 0.2) is 55.1 Å². The molecule has 1 unspecified atom stereocenters. The molecule has 8 atom stereocenters. The second kappa shape index (κ2) is 12.4. The van der Waals surface area contributed by atoms with Gasteiger partial charge in [-0.2, -0.15) is 0 Å². The topological polar surface area (TPSA) is 91.3 Å². The van der Waals surface area contributed by atoms with Crippen LogP contribution in [0.5, 0.6) is 0 Å². The Kier molecular flexibility index (Phi) is 9.59. The van der Waals surface area contributed by atoms with Crippen LogP contribution in [0.25, 0.3) is 0 Å². The zero-order valence-electron chi connectivity index (χ0n) is 20.2. The van der Waals surface area contributed by atoms with Crippen LogP contribution < -0.4 is 0 Å². The number of hydrogen-bond donors (Lipinski definition) is 1. The van der Waals surface area contributed by atoms with Crippen LogP contribution in [0.3, 0.4) is 0 Å². The third kappa shape index (κ3) is 6.85. The van der Waals surface area contributed by atoms with E-state index in [1.165, 1.54) is 6.92 Å². The molecule has 3 rings (SSSR count). The molecule has 2 heterocycles. The van der Waals surface area contributed by atoms with Crippen molar-refractivity contribution in [2.24, 2.45) is 11.8 Å². The van der Waals surface area contributed by atoms with Crippen molar-refractivity contribution in [3.8, 4) is 0 Å². The van der Waals surface area contributed by atoms with E-state index in [-0.39, 0.29) is 30.4 Å². The zero-order valence-corrected chi connectivity index (χ0v) is 20.2. The maximum Gasteiger partial charge on any atom is 0.302 e. The molecule has 0 bridgehead atoms. The highest BCUT2D eigenvalue weighted by molar-refractivity contribution is 5.94. The van der Waals surface area contributed by atoms with Crippen LogP contribution in [0.4, 0.5) is 0 Å². The third-order valence-corrected chi connectivity index (χ3v) is 6.33. The first kappa shape index (κ1) is 26.3. The summed E-state index contributed by atoms with van der Waals surface area (Å²) in [6.45, 7) is 9.52. The van der Waals surface area contributed by atoms with Crippen molar-refractivity contribution in [1.82, 2.24) is 0 Å². The molecule has 0 spiro atoms. The molecule has 1 aromatic carbocycles. The summed E-state index contributed by atoms with van der Waals surface area (Å²) in [5.41, 5.74) is 0.987. The second-order valence-electron chi connectivity index (χ2n) is 9.27. The summed E-state index contributed by atoms with van der Waals surface area (Å²) in [7, 11) is 0. The first-order valence-corrected chi connectivity index (χ1v) is 11.9. The minimum atomic E-state index is -0.940. The highest BCUT2D eigenvalue weighted by Crippen LogP contribution is 2.35. The van der Waals surface area contributed by atoms with Gasteiger partial charge in [-0.25, -0.2) is 0 Å². The smallest absolute Gasteiger partial charge is 0.302 e. The minimum Gasteiger partial charge on any atom is -0.466 e. The molecule has 2 aliphatic rings. The lowest BCUT2D eigenvalue weighted by molar-refractivity contribution is -0.143. The van der Waals surface area contributed by atoms with Gasteiger partial charge in [0.25, 0.3) is 0 Å². The van der Waals surface area contributed by atoms with Crippen LogP contribution in [0.1, 0.15) is 39.2 Å². The molecule has 0 aromatic heterocycles. The lowest BCUT2D eigenvalue weighted by atomic mass is 9.88. The van der Waals surface area contributed by atoms with E-state index in [2.05, 4.69) is 6.58 Å². The third-order valence-electron chi connectivity index (χ3n) is 6.33. The average molecular weight is 473 g/mol. The van der Waals surface area contributed by atoms with Gasteiger partial charge >= 0.3 is 5.97 Å². The number of rotatable bonds is 11. The standard InChI is InChI=1S/C27H36O7/c1-5-9-21-12-13-22(29)25(33-21)18(3)26-24(30)27(32-16-20-10-7-6-8-11-20)23(34-26)14-17(2)15-31-19(4)28/h5-8,10-13,17-18,21,23-27,30H,1,9,14-16H2,2-4H3/t17-,18-,21-,23?,24-,25-,26+,27+/m1/s1. The second-order valence-corrected chi connectivity index (χ2v) is 9.27. The van der Waals surface area contributed by atoms with Crippen LogP contribution in [0.2, 0.25) is 0 Å².